The molecule has 1 aliphatic heterocycles. The van der Waals surface area contributed by atoms with Gasteiger partial charge in [-0.25, -0.2) is 9.07 Å². The molecule has 10 heteroatoms. The largest absolute Gasteiger partial charge is 0.435 e. The summed E-state index contributed by atoms with van der Waals surface area (Å²) < 4.78 is 54.7. The van der Waals surface area contributed by atoms with Crippen molar-refractivity contribution in [3.05, 3.63) is 41.5 Å². The molecule has 1 unspecified atom stereocenters. The van der Waals surface area contributed by atoms with Crippen LogP contribution in [0.4, 0.5) is 17.6 Å². The van der Waals surface area contributed by atoms with Crippen LogP contribution in [0.1, 0.15) is 42.4 Å². The average Bonchev–Trinajstić information content (AvgIpc) is 3.13. The van der Waals surface area contributed by atoms with Crippen LogP contribution in [-0.4, -0.2) is 52.0 Å². The highest BCUT2D eigenvalue weighted by Crippen LogP contribution is 2.32. The van der Waals surface area contributed by atoms with E-state index in [1.165, 1.54) is 18.6 Å². The number of alkyl halides is 3. The summed E-state index contributed by atoms with van der Waals surface area (Å²) in [6.45, 7) is 4.92. The van der Waals surface area contributed by atoms with Gasteiger partial charge in [-0.2, -0.15) is 13.2 Å². The van der Waals surface area contributed by atoms with Crippen molar-refractivity contribution in [1.29, 1.82) is 0 Å². The first-order chi connectivity index (χ1) is 13.8. The molecule has 1 aromatic heterocycles. The van der Waals surface area contributed by atoms with E-state index < -0.39 is 29.3 Å². The van der Waals surface area contributed by atoms with Crippen molar-refractivity contribution in [3.8, 4) is 5.69 Å². The van der Waals surface area contributed by atoms with Crippen molar-refractivity contribution >= 4 is 5.91 Å². The molecule has 0 bridgehead atoms. The summed E-state index contributed by atoms with van der Waals surface area (Å²) in [7, 11) is 0. The Morgan fingerprint density at radius 2 is 1.97 bits per heavy atom. The van der Waals surface area contributed by atoms with E-state index in [0.29, 0.717) is 4.68 Å². The fraction of sp³-hybridized carbons (Fsp3) is 0.526. The van der Waals surface area contributed by atoms with Gasteiger partial charge >= 0.3 is 6.18 Å². The molecule has 158 valence electrons. The molecule has 1 fully saturated rings. The van der Waals surface area contributed by atoms with Gasteiger partial charge in [0, 0.05) is 13.1 Å². The molecule has 6 nitrogen and oxygen atoms in total. The lowest BCUT2D eigenvalue weighted by Gasteiger charge is -2.29. The van der Waals surface area contributed by atoms with Crippen molar-refractivity contribution in [2.75, 3.05) is 26.2 Å². The molecule has 1 aliphatic rings. The molecule has 0 radical (unpaired) electrons. The van der Waals surface area contributed by atoms with Gasteiger partial charge in [-0.05, 0) is 50.0 Å². The van der Waals surface area contributed by atoms with E-state index in [1.54, 1.807) is 0 Å². The second kappa shape index (κ2) is 8.89. The Labute approximate surface area is 165 Å². The lowest BCUT2D eigenvalue weighted by atomic mass is 10.1. The Bertz CT molecular complexity index is 845. The van der Waals surface area contributed by atoms with Gasteiger partial charge in [-0.15, -0.1) is 5.10 Å². The second-order valence-corrected chi connectivity index (χ2v) is 7.35. The maximum absolute atomic E-state index is 13.6. The summed E-state index contributed by atoms with van der Waals surface area (Å²) in [5, 5.41) is 9.40. The van der Waals surface area contributed by atoms with Crippen LogP contribution in [0.3, 0.4) is 0 Å². The van der Waals surface area contributed by atoms with Crippen LogP contribution < -0.4 is 5.32 Å². The fourth-order valence-corrected chi connectivity index (χ4v) is 3.48. The molecule has 29 heavy (non-hydrogen) atoms. The van der Waals surface area contributed by atoms with E-state index in [-0.39, 0.29) is 18.2 Å². The lowest BCUT2D eigenvalue weighted by molar-refractivity contribution is -0.143. The molecule has 1 N–H and O–H groups in total. The highest BCUT2D eigenvalue weighted by molar-refractivity contribution is 5.93. The normalized spacial score (nSPS) is 16.6. The number of halogens is 4. The van der Waals surface area contributed by atoms with E-state index in [4.69, 9.17) is 0 Å². The summed E-state index contributed by atoms with van der Waals surface area (Å²) >= 11 is 0. The van der Waals surface area contributed by atoms with Crippen molar-refractivity contribution < 1.29 is 22.4 Å². The van der Waals surface area contributed by atoms with Crippen molar-refractivity contribution in [1.82, 2.24) is 25.2 Å². The number of nitrogens with zero attached hydrogens (tertiary/aromatic N) is 4. The van der Waals surface area contributed by atoms with Gasteiger partial charge < -0.3 is 10.2 Å². The maximum Gasteiger partial charge on any atom is 0.435 e. The van der Waals surface area contributed by atoms with Gasteiger partial charge in [0.05, 0.1) is 5.69 Å². The van der Waals surface area contributed by atoms with Crippen LogP contribution in [0.2, 0.25) is 0 Å². The van der Waals surface area contributed by atoms with Crippen LogP contribution in [-0.2, 0) is 6.18 Å². The molecular formula is C19H23F4N5O. The Morgan fingerprint density at radius 3 is 2.62 bits per heavy atom. The van der Waals surface area contributed by atoms with E-state index in [9.17, 15) is 22.4 Å². The minimum atomic E-state index is -4.89. The molecule has 2 aromatic rings. The first kappa shape index (κ1) is 21.2. The summed E-state index contributed by atoms with van der Waals surface area (Å²) in [6, 6.07) is 4.52. The average molecular weight is 413 g/mol. The third kappa shape index (κ3) is 5.31. The number of likely N-dealkylation sites (tertiary alicyclic amines) is 1. The number of carbonyl (C=O) groups excluding carboxylic acids is 1. The molecule has 1 saturated heterocycles. The molecule has 1 amide bonds. The number of hydrogen-bond donors (Lipinski definition) is 1. The first-order valence-electron chi connectivity index (χ1n) is 9.55. The monoisotopic (exact) mass is 413 g/mol. The van der Waals surface area contributed by atoms with Crippen LogP contribution in [0.25, 0.3) is 5.69 Å². The van der Waals surface area contributed by atoms with E-state index in [1.807, 2.05) is 6.92 Å². The number of amides is 1. The summed E-state index contributed by atoms with van der Waals surface area (Å²) in [5.74, 6) is -1.60. The highest BCUT2D eigenvalue weighted by atomic mass is 19.4. The van der Waals surface area contributed by atoms with Gasteiger partial charge in [0.2, 0.25) is 0 Å². The maximum atomic E-state index is 13.6. The molecule has 0 spiro atoms. The van der Waals surface area contributed by atoms with Crippen molar-refractivity contribution in [3.63, 3.8) is 0 Å². The number of benzene rings is 1. The fourth-order valence-electron chi connectivity index (χ4n) is 3.48. The molecule has 3 rings (SSSR count). The number of nitrogens with one attached hydrogen (secondary N) is 1. The highest BCUT2D eigenvalue weighted by Gasteiger charge is 2.42. The Morgan fingerprint density at radius 1 is 1.24 bits per heavy atom. The number of rotatable bonds is 6. The lowest BCUT2D eigenvalue weighted by Crippen LogP contribution is -2.38. The number of piperidine rings is 1. The first-order valence-corrected chi connectivity index (χ1v) is 9.55. The summed E-state index contributed by atoms with van der Waals surface area (Å²) in [4.78, 5) is 14.7. The number of aromatic nitrogens is 3. The SMILES string of the molecule is CC(CNC(=O)c1nnn(-c2cccc(F)c2)c1C(F)(F)F)CN1CCCCC1. The van der Waals surface area contributed by atoms with Crippen LogP contribution in [0.15, 0.2) is 24.3 Å². The van der Waals surface area contributed by atoms with Gasteiger partial charge in [0.15, 0.2) is 11.4 Å². The van der Waals surface area contributed by atoms with Crippen LogP contribution in [0, 0.1) is 11.7 Å². The zero-order valence-electron chi connectivity index (χ0n) is 16.0. The number of hydrogen-bond acceptors (Lipinski definition) is 4. The van der Waals surface area contributed by atoms with E-state index in [2.05, 4.69) is 20.5 Å². The van der Waals surface area contributed by atoms with Gasteiger partial charge in [0.25, 0.3) is 5.91 Å². The quantitative estimate of drug-likeness (QED) is 0.739. The zero-order valence-corrected chi connectivity index (χ0v) is 16.0. The molecule has 1 atom stereocenters. The molecular weight excluding hydrogens is 390 g/mol. The second-order valence-electron chi connectivity index (χ2n) is 7.35. The van der Waals surface area contributed by atoms with Gasteiger partial charge in [0.1, 0.15) is 5.82 Å². The summed E-state index contributed by atoms with van der Waals surface area (Å²) in [5.41, 5.74) is -2.32. The minimum Gasteiger partial charge on any atom is -0.350 e. The zero-order chi connectivity index (χ0) is 21.0. The van der Waals surface area contributed by atoms with Crippen LogP contribution in [0.5, 0.6) is 0 Å². The Balaban J connectivity index is 1.73. The Kier molecular flexibility index (Phi) is 6.51. The minimum absolute atomic E-state index is 0.0738. The predicted molar refractivity (Wildman–Crippen MR) is 98.1 cm³/mol. The predicted octanol–water partition coefficient (Wildman–Crippen LogP) is 3.28. The van der Waals surface area contributed by atoms with E-state index >= 15 is 0 Å². The van der Waals surface area contributed by atoms with Crippen molar-refractivity contribution in [2.24, 2.45) is 5.92 Å². The standard InChI is InChI=1S/C19H23F4N5O/c1-13(12-27-8-3-2-4-9-27)11-24-18(29)16-17(19(21,22)23)28(26-25-16)15-7-5-6-14(20)10-15/h5-7,10,13H,2-4,8-9,11-12H2,1H3,(H,24,29). The third-order valence-electron chi connectivity index (χ3n) is 4.84. The van der Waals surface area contributed by atoms with E-state index in [0.717, 1.165) is 44.6 Å². The molecule has 0 aliphatic carbocycles. The van der Waals surface area contributed by atoms with Crippen molar-refractivity contribution in [2.45, 2.75) is 32.4 Å². The topological polar surface area (TPSA) is 63.1 Å². The molecule has 1 aromatic carbocycles. The van der Waals surface area contributed by atoms with Gasteiger partial charge in [-0.1, -0.05) is 24.6 Å². The number of carbonyl (C=O) groups is 1. The Hall–Kier alpha value is -2.49. The molecule has 0 saturated carbocycles. The summed E-state index contributed by atoms with van der Waals surface area (Å²) in [6.07, 6.45) is -1.40. The molecule has 2 heterocycles. The van der Waals surface area contributed by atoms with Gasteiger partial charge in [-0.3, -0.25) is 4.79 Å². The third-order valence-corrected chi connectivity index (χ3v) is 4.84. The smallest absolute Gasteiger partial charge is 0.350 e. The van der Waals surface area contributed by atoms with Crippen LogP contribution >= 0.6 is 0 Å².